The number of imide groups is 1. The molecule has 0 fully saturated rings. The lowest BCUT2D eigenvalue weighted by Gasteiger charge is -2.18. The second-order valence-electron chi connectivity index (χ2n) is 4.30. The predicted octanol–water partition coefficient (Wildman–Crippen LogP) is 1.41. The number of rotatable bonds is 7. The first-order valence-corrected chi connectivity index (χ1v) is 7.29. The summed E-state index contributed by atoms with van der Waals surface area (Å²) in [7, 11) is 0. The van der Waals surface area contributed by atoms with Crippen LogP contribution in [0.15, 0.2) is 28.7 Å². The van der Waals surface area contributed by atoms with E-state index in [1.54, 1.807) is 24.3 Å². The van der Waals surface area contributed by atoms with Gasteiger partial charge in [0, 0.05) is 17.6 Å². The number of hydrogen-bond donors (Lipinski definition) is 2. The van der Waals surface area contributed by atoms with Crippen LogP contribution < -0.4 is 5.32 Å². The molecule has 2 amide bonds. The largest absolute Gasteiger partial charge is 0.396 e. The Labute approximate surface area is 127 Å². The number of carbonyl (C=O) groups excluding carboxylic acids is 2. The Morgan fingerprint density at radius 2 is 2.05 bits per heavy atom. The fourth-order valence-electron chi connectivity index (χ4n) is 1.73. The highest BCUT2D eigenvalue weighted by Crippen LogP contribution is 2.15. The molecule has 110 valence electrons. The minimum atomic E-state index is -0.416. The molecule has 0 atom stereocenters. The zero-order valence-electron chi connectivity index (χ0n) is 11.4. The van der Waals surface area contributed by atoms with Crippen LogP contribution in [0, 0.1) is 0 Å². The van der Waals surface area contributed by atoms with Crippen molar-refractivity contribution < 1.29 is 14.7 Å². The van der Waals surface area contributed by atoms with Gasteiger partial charge in [-0.2, -0.15) is 0 Å². The van der Waals surface area contributed by atoms with Gasteiger partial charge in [0.2, 0.25) is 5.91 Å². The fourth-order valence-corrected chi connectivity index (χ4v) is 2.19. The fraction of sp³-hybridized carbons (Fsp3) is 0.429. The van der Waals surface area contributed by atoms with E-state index in [9.17, 15) is 9.59 Å². The highest BCUT2D eigenvalue weighted by atomic mass is 79.9. The number of halogens is 1. The van der Waals surface area contributed by atoms with E-state index in [0.29, 0.717) is 29.5 Å². The molecule has 1 aromatic carbocycles. The average molecular weight is 343 g/mol. The third-order valence-corrected chi connectivity index (χ3v) is 3.51. The summed E-state index contributed by atoms with van der Waals surface area (Å²) < 4.78 is 0.651. The van der Waals surface area contributed by atoms with Crippen LogP contribution >= 0.6 is 15.9 Å². The standard InChI is InChI=1S/C14H19BrN2O3/c1-2-17(8-5-9-18)10-13(19)16-14(20)11-6-3-4-7-12(11)15/h3-4,6-7,18H,2,5,8-10H2,1H3,(H,16,19,20). The topological polar surface area (TPSA) is 69.6 Å². The van der Waals surface area contributed by atoms with Gasteiger partial charge in [0.15, 0.2) is 0 Å². The number of benzene rings is 1. The number of carbonyl (C=O) groups is 2. The van der Waals surface area contributed by atoms with E-state index in [1.165, 1.54) is 0 Å². The first-order chi connectivity index (χ1) is 9.58. The highest BCUT2D eigenvalue weighted by molar-refractivity contribution is 9.10. The Morgan fingerprint density at radius 1 is 1.35 bits per heavy atom. The molecule has 2 N–H and O–H groups in total. The maximum Gasteiger partial charge on any atom is 0.259 e. The van der Waals surface area contributed by atoms with Crippen molar-refractivity contribution in [2.45, 2.75) is 13.3 Å². The summed E-state index contributed by atoms with van der Waals surface area (Å²) in [6.07, 6.45) is 0.610. The van der Waals surface area contributed by atoms with Crippen molar-refractivity contribution in [3.05, 3.63) is 34.3 Å². The lowest BCUT2D eigenvalue weighted by molar-refractivity contribution is -0.121. The first kappa shape index (κ1) is 16.8. The lowest BCUT2D eigenvalue weighted by Crippen LogP contribution is -2.40. The predicted molar refractivity (Wildman–Crippen MR) is 80.4 cm³/mol. The van der Waals surface area contributed by atoms with Crippen LogP contribution in [0.5, 0.6) is 0 Å². The molecular formula is C14H19BrN2O3. The molecule has 0 aromatic heterocycles. The molecule has 0 aliphatic heterocycles. The van der Waals surface area contributed by atoms with Gasteiger partial charge in [-0.15, -0.1) is 0 Å². The average Bonchev–Trinajstić information content (AvgIpc) is 2.43. The van der Waals surface area contributed by atoms with E-state index >= 15 is 0 Å². The quantitative estimate of drug-likeness (QED) is 0.786. The van der Waals surface area contributed by atoms with Crippen molar-refractivity contribution in [1.82, 2.24) is 10.2 Å². The molecule has 0 unspecified atom stereocenters. The van der Waals surface area contributed by atoms with Crippen LogP contribution in [0.4, 0.5) is 0 Å². The number of nitrogens with one attached hydrogen (secondary N) is 1. The molecule has 0 saturated carbocycles. The number of nitrogens with zero attached hydrogens (tertiary/aromatic N) is 1. The monoisotopic (exact) mass is 342 g/mol. The molecule has 0 spiro atoms. The Balaban J connectivity index is 2.53. The second kappa shape index (κ2) is 8.84. The Morgan fingerprint density at radius 3 is 2.65 bits per heavy atom. The molecule has 5 nitrogen and oxygen atoms in total. The molecule has 20 heavy (non-hydrogen) atoms. The Hall–Kier alpha value is -1.24. The van der Waals surface area contributed by atoms with Gasteiger partial charge in [-0.1, -0.05) is 19.1 Å². The summed E-state index contributed by atoms with van der Waals surface area (Å²) in [4.78, 5) is 25.6. The van der Waals surface area contributed by atoms with E-state index in [1.807, 2.05) is 11.8 Å². The second-order valence-corrected chi connectivity index (χ2v) is 5.16. The summed E-state index contributed by atoms with van der Waals surface area (Å²) >= 11 is 3.28. The van der Waals surface area contributed by atoms with Crippen molar-refractivity contribution in [3.63, 3.8) is 0 Å². The third-order valence-electron chi connectivity index (χ3n) is 2.82. The summed E-state index contributed by atoms with van der Waals surface area (Å²) in [5.74, 6) is -0.758. The molecule has 1 rings (SSSR count). The SMILES string of the molecule is CCN(CCCO)CC(=O)NC(=O)c1ccccc1Br. The normalized spacial score (nSPS) is 10.6. The summed E-state index contributed by atoms with van der Waals surface area (Å²) in [6, 6.07) is 6.94. The maximum absolute atomic E-state index is 11.9. The Kier molecular flexibility index (Phi) is 7.43. The van der Waals surface area contributed by atoms with Crippen LogP contribution in [0.25, 0.3) is 0 Å². The van der Waals surface area contributed by atoms with Gasteiger partial charge in [-0.05, 0) is 41.0 Å². The molecule has 1 aromatic rings. The van der Waals surface area contributed by atoms with Crippen molar-refractivity contribution in [1.29, 1.82) is 0 Å². The molecule has 0 radical (unpaired) electrons. The Bertz CT molecular complexity index is 465. The van der Waals surface area contributed by atoms with Gasteiger partial charge in [0.05, 0.1) is 12.1 Å². The van der Waals surface area contributed by atoms with Crippen molar-refractivity contribution in [3.8, 4) is 0 Å². The van der Waals surface area contributed by atoms with Crippen LogP contribution in [0.1, 0.15) is 23.7 Å². The van der Waals surface area contributed by atoms with E-state index < -0.39 is 5.91 Å². The van der Waals surface area contributed by atoms with Crippen molar-refractivity contribution >= 4 is 27.7 Å². The summed E-state index contributed by atoms with van der Waals surface area (Å²) in [5.41, 5.74) is 0.430. The van der Waals surface area contributed by atoms with Gasteiger partial charge in [0.25, 0.3) is 5.91 Å². The van der Waals surface area contributed by atoms with Crippen LogP contribution in [0.3, 0.4) is 0 Å². The zero-order chi connectivity index (χ0) is 15.0. The van der Waals surface area contributed by atoms with Crippen LogP contribution in [0.2, 0.25) is 0 Å². The van der Waals surface area contributed by atoms with E-state index in [2.05, 4.69) is 21.2 Å². The number of likely N-dealkylation sites (N-methyl/N-ethyl adjacent to an activating group) is 1. The summed E-state index contributed by atoms with van der Waals surface area (Å²) in [5, 5.41) is 11.1. The molecule has 0 saturated heterocycles. The highest BCUT2D eigenvalue weighted by Gasteiger charge is 2.14. The number of hydrogen-bond acceptors (Lipinski definition) is 4. The smallest absolute Gasteiger partial charge is 0.259 e. The third kappa shape index (κ3) is 5.40. The molecular weight excluding hydrogens is 324 g/mol. The van der Waals surface area contributed by atoms with Gasteiger partial charge >= 0.3 is 0 Å². The zero-order valence-corrected chi connectivity index (χ0v) is 13.0. The number of aliphatic hydroxyl groups excluding tert-OH is 1. The molecule has 0 bridgehead atoms. The summed E-state index contributed by atoms with van der Waals surface area (Å²) in [6.45, 7) is 3.49. The van der Waals surface area contributed by atoms with Gasteiger partial charge in [-0.25, -0.2) is 0 Å². The van der Waals surface area contributed by atoms with Crippen molar-refractivity contribution in [2.24, 2.45) is 0 Å². The van der Waals surface area contributed by atoms with E-state index in [0.717, 1.165) is 0 Å². The molecule has 0 aliphatic rings. The number of amides is 2. The van der Waals surface area contributed by atoms with Gasteiger partial charge < -0.3 is 5.11 Å². The molecule has 6 heteroatoms. The first-order valence-electron chi connectivity index (χ1n) is 6.50. The van der Waals surface area contributed by atoms with Crippen LogP contribution in [-0.4, -0.2) is 48.1 Å². The minimum absolute atomic E-state index is 0.0913. The molecule has 0 heterocycles. The van der Waals surface area contributed by atoms with E-state index in [-0.39, 0.29) is 19.1 Å². The van der Waals surface area contributed by atoms with Gasteiger partial charge in [-0.3, -0.25) is 19.8 Å². The van der Waals surface area contributed by atoms with Gasteiger partial charge in [0.1, 0.15) is 0 Å². The maximum atomic E-state index is 11.9. The number of aliphatic hydroxyl groups is 1. The van der Waals surface area contributed by atoms with Crippen molar-refractivity contribution in [2.75, 3.05) is 26.2 Å². The van der Waals surface area contributed by atoms with Crippen LogP contribution in [-0.2, 0) is 4.79 Å². The van der Waals surface area contributed by atoms with E-state index in [4.69, 9.17) is 5.11 Å². The minimum Gasteiger partial charge on any atom is -0.396 e. The lowest BCUT2D eigenvalue weighted by atomic mass is 10.2. The molecule has 0 aliphatic carbocycles.